The SMILES string of the molecule is Cc1c(-c2ccc(-c3ccccc3)c(F)c2)nc2ccc(F)cc2c1C(=O)[O-].[Na+]. The Morgan fingerprint density at radius 1 is 0.931 bits per heavy atom. The van der Waals surface area contributed by atoms with Crippen molar-refractivity contribution < 1.29 is 48.2 Å². The maximum Gasteiger partial charge on any atom is 1.00 e. The number of aromatic carboxylic acids is 1. The second kappa shape index (κ2) is 8.41. The maximum absolute atomic E-state index is 14.8. The van der Waals surface area contributed by atoms with Crippen LogP contribution in [0.2, 0.25) is 0 Å². The minimum atomic E-state index is -1.43. The average Bonchev–Trinajstić information content (AvgIpc) is 2.67. The van der Waals surface area contributed by atoms with Crippen LogP contribution in [0.3, 0.4) is 0 Å². The first-order valence-corrected chi connectivity index (χ1v) is 8.62. The number of pyridine rings is 1. The third kappa shape index (κ3) is 3.94. The van der Waals surface area contributed by atoms with Crippen LogP contribution in [0.5, 0.6) is 0 Å². The monoisotopic (exact) mass is 397 g/mol. The maximum atomic E-state index is 14.8. The topological polar surface area (TPSA) is 53.0 Å². The molecule has 0 spiro atoms. The number of rotatable bonds is 3. The van der Waals surface area contributed by atoms with E-state index < -0.39 is 17.6 Å². The predicted molar refractivity (Wildman–Crippen MR) is 102 cm³/mol. The summed E-state index contributed by atoms with van der Waals surface area (Å²) in [7, 11) is 0. The van der Waals surface area contributed by atoms with E-state index in [0.717, 1.165) is 11.6 Å². The summed E-state index contributed by atoms with van der Waals surface area (Å²) >= 11 is 0. The van der Waals surface area contributed by atoms with Gasteiger partial charge in [0.1, 0.15) is 11.6 Å². The molecule has 4 rings (SSSR count). The van der Waals surface area contributed by atoms with Crippen LogP contribution >= 0.6 is 0 Å². The van der Waals surface area contributed by atoms with Crippen LogP contribution in [-0.2, 0) is 0 Å². The first-order valence-electron chi connectivity index (χ1n) is 8.62. The van der Waals surface area contributed by atoms with Gasteiger partial charge in [-0.2, -0.15) is 0 Å². The third-order valence-electron chi connectivity index (χ3n) is 4.72. The number of carboxylic acids is 1. The van der Waals surface area contributed by atoms with E-state index >= 15 is 0 Å². The van der Waals surface area contributed by atoms with Crippen LogP contribution in [0.4, 0.5) is 8.78 Å². The Labute approximate surface area is 188 Å². The zero-order valence-electron chi connectivity index (χ0n) is 15.9. The predicted octanol–water partition coefficient (Wildman–Crippen LogP) is 1.52. The molecule has 0 aliphatic carbocycles. The Morgan fingerprint density at radius 3 is 2.31 bits per heavy atom. The number of carbonyl (C=O) groups is 1. The van der Waals surface area contributed by atoms with Gasteiger partial charge in [-0.1, -0.05) is 42.5 Å². The molecule has 3 nitrogen and oxygen atoms in total. The van der Waals surface area contributed by atoms with Gasteiger partial charge in [0, 0.05) is 22.1 Å². The van der Waals surface area contributed by atoms with Crippen molar-refractivity contribution in [3.8, 4) is 22.4 Å². The number of halogens is 2. The number of carboxylic acid groups (broad SMARTS) is 1. The molecule has 0 radical (unpaired) electrons. The number of hydrogen-bond acceptors (Lipinski definition) is 3. The molecule has 1 aromatic heterocycles. The van der Waals surface area contributed by atoms with Gasteiger partial charge in [-0.05, 0) is 42.3 Å². The summed E-state index contributed by atoms with van der Waals surface area (Å²) in [6.45, 7) is 1.56. The minimum absolute atomic E-state index is 0. The molecule has 0 unspecified atom stereocenters. The standard InChI is InChI=1S/C23H15F2NO2.Na/c1-13-21(23(27)28)18-12-16(24)8-10-20(18)26-22(13)15-7-9-17(19(25)11-15)14-5-3-2-4-6-14;/h2-12H,1H3,(H,27,28);/q;+1/p-1. The molecule has 0 aliphatic rings. The van der Waals surface area contributed by atoms with Crippen LogP contribution in [0.15, 0.2) is 66.7 Å². The number of fused-ring (bicyclic) bond motifs is 1. The number of carbonyl (C=O) groups excluding carboxylic acids is 1. The molecule has 6 heteroatoms. The fraction of sp³-hybridized carbons (Fsp3) is 0.0435. The molecule has 0 bridgehead atoms. The van der Waals surface area contributed by atoms with Gasteiger partial charge < -0.3 is 9.90 Å². The van der Waals surface area contributed by atoms with E-state index in [0.29, 0.717) is 27.9 Å². The van der Waals surface area contributed by atoms with Gasteiger partial charge in [-0.15, -0.1) is 0 Å². The molecule has 29 heavy (non-hydrogen) atoms. The molecule has 138 valence electrons. The molecular weight excluding hydrogens is 383 g/mol. The molecule has 1 heterocycles. The largest absolute Gasteiger partial charge is 1.00 e. The van der Waals surface area contributed by atoms with E-state index in [1.54, 1.807) is 31.2 Å². The number of aromatic nitrogens is 1. The summed E-state index contributed by atoms with van der Waals surface area (Å²) in [5, 5.41) is 11.9. The molecular formula is C23H14F2NNaO2. The van der Waals surface area contributed by atoms with Gasteiger partial charge in [0.25, 0.3) is 0 Å². The van der Waals surface area contributed by atoms with E-state index in [4.69, 9.17) is 0 Å². The van der Waals surface area contributed by atoms with Gasteiger partial charge in [0.2, 0.25) is 0 Å². The van der Waals surface area contributed by atoms with Crippen LogP contribution in [0, 0.1) is 18.6 Å². The summed E-state index contributed by atoms with van der Waals surface area (Å²) in [4.78, 5) is 16.1. The van der Waals surface area contributed by atoms with Crippen molar-refractivity contribution in [1.82, 2.24) is 4.98 Å². The zero-order chi connectivity index (χ0) is 19.8. The zero-order valence-corrected chi connectivity index (χ0v) is 17.9. The third-order valence-corrected chi connectivity index (χ3v) is 4.72. The molecule has 0 fully saturated rings. The van der Waals surface area contributed by atoms with E-state index in [1.165, 1.54) is 18.2 Å². The van der Waals surface area contributed by atoms with Crippen molar-refractivity contribution in [3.05, 3.63) is 89.5 Å². The Morgan fingerprint density at radius 2 is 1.66 bits per heavy atom. The Bertz CT molecular complexity index is 1230. The van der Waals surface area contributed by atoms with Crippen molar-refractivity contribution in [3.63, 3.8) is 0 Å². The van der Waals surface area contributed by atoms with Crippen molar-refractivity contribution in [1.29, 1.82) is 0 Å². The summed E-state index contributed by atoms with van der Waals surface area (Å²) in [5.74, 6) is -2.44. The minimum Gasteiger partial charge on any atom is -0.545 e. The van der Waals surface area contributed by atoms with Crippen molar-refractivity contribution in [2.75, 3.05) is 0 Å². The second-order valence-corrected chi connectivity index (χ2v) is 6.47. The summed E-state index contributed by atoms with van der Waals surface area (Å²) < 4.78 is 28.4. The first-order chi connectivity index (χ1) is 13.5. The van der Waals surface area contributed by atoms with Gasteiger partial charge in [0.15, 0.2) is 0 Å². The van der Waals surface area contributed by atoms with E-state index in [2.05, 4.69) is 4.98 Å². The van der Waals surface area contributed by atoms with Gasteiger partial charge in [0.05, 0.1) is 17.2 Å². The molecule has 0 saturated heterocycles. The Hall–Kier alpha value is -2.60. The average molecular weight is 397 g/mol. The molecule has 0 aliphatic heterocycles. The van der Waals surface area contributed by atoms with Crippen LogP contribution in [-0.4, -0.2) is 11.0 Å². The summed E-state index contributed by atoms with van der Waals surface area (Å²) in [6.07, 6.45) is 0. The van der Waals surface area contributed by atoms with Gasteiger partial charge in [-0.3, -0.25) is 0 Å². The molecule has 4 aromatic rings. The second-order valence-electron chi connectivity index (χ2n) is 6.47. The van der Waals surface area contributed by atoms with Gasteiger partial charge >= 0.3 is 29.6 Å². The summed E-state index contributed by atoms with van der Waals surface area (Å²) in [6, 6.07) is 17.5. The first kappa shape index (κ1) is 21.1. The van der Waals surface area contributed by atoms with Crippen molar-refractivity contribution in [2.45, 2.75) is 6.92 Å². The Balaban J connectivity index is 0.00000240. The van der Waals surface area contributed by atoms with Crippen LogP contribution in [0.25, 0.3) is 33.3 Å². The summed E-state index contributed by atoms with van der Waals surface area (Å²) in [5.41, 5.74) is 2.37. The molecule has 0 amide bonds. The smallest absolute Gasteiger partial charge is 0.545 e. The van der Waals surface area contributed by atoms with Crippen molar-refractivity contribution >= 4 is 16.9 Å². The number of hydrogen-bond donors (Lipinski definition) is 0. The van der Waals surface area contributed by atoms with Gasteiger partial charge in [-0.25, -0.2) is 13.8 Å². The van der Waals surface area contributed by atoms with Crippen molar-refractivity contribution in [2.24, 2.45) is 0 Å². The van der Waals surface area contributed by atoms with E-state index in [1.807, 2.05) is 18.2 Å². The molecule has 3 aromatic carbocycles. The Kier molecular flexibility index (Phi) is 6.13. The van der Waals surface area contributed by atoms with E-state index in [-0.39, 0.29) is 40.5 Å². The number of benzene rings is 3. The molecule has 0 saturated carbocycles. The normalized spacial score (nSPS) is 10.6. The van der Waals surface area contributed by atoms with E-state index in [9.17, 15) is 18.7 Å². The molecule has 0 atom stereocenters. The fourth-order valence-corrected chi connectivity index (χ4v) is 3.39. The quantitative estimate of drug-likeness (QED) is 0.493. The number of nitrogens with zero attached hydrogens (tertiary/aromatic N) is 1. The fourth-order valence-electron chi connectivity index (χ4n) is 3.39. The molecule has 0 N–H and O–H groups in total. The van der Waals surface area contributed by atoms with Crippen LogP contribution in [0.1, 0.15) is 15.9 Å². The van der Waals surface area contributed by atoms with Crippen LogP contribution < -0.4 is 34.7 Å².